The van der Waals surface area contributed by atoms with Crippen molar-refractivity contribution in [2.45, 2.75) is 0 Å². The number of benzene rings is 1. The molecule has 0 fully saturated rings. The highest BCUT2D eigenvalue weighted by Gasteiger charge is 2.11. The van der Waals surface area contributed by atoms with Gasteiger partial charge in [-0.05, 0) is 36.4 Å². The molecule has 2 heterocycles. The Kier molecular flexibility index (Phi) is 5.38. The molecule has 25 heavy (non-hydrogen) atoms. The zero-order valence-electron chi connectivity index (χ0n) is 12.5. The van der Waals surface area contributed by atoms with Crippen molar-refractivity contribution in [1.29, 1.82) is 0 Å². The van der Waals surface area contributed by atoms with Crippen molar-refractivity contribution in [2.75, 3.05) is 0 Å². The van der Waals surface area contributed by atoms with Crippen molar-refractivity contribution >= 4 is 46.9 Å². The minimum atomic E-state index is -0.349. The summed E-state index contributed by atoms with van der Waals surface area (Å²) in [5, 5.41) is 5.01. The molecule has 0 atom stereocenters. The van der Waals surface area contributed by atoms with E-state index in [0.29, 0.717) is 37.7 Å². The molecule has 5 nitrogen and oxygen atoms in total. The smallest absolute Gasteiger partial charge is 0.271 e. The number of rotatable bonds is 4. The van der Waals surface area contributed by atoms with Crippen molar-refractivity contribution in [3.05, 3.63) is 75.2 Å². The Labute approximate surface area is 158 Å². The third-order valence-electron chi connectivity index (χ3n) is 3.20. The molecule has 0 aliphatic rings. The van der Waals surface area contributed by atoms with Crippen LogP contribution in [0.25, 0.3) is 11.3 Å². The number of nitrogens with zero attached hydrogens (tertiary/aromatic N) is 2. The van der Waals surface area contributed by atoms with Gasteiger partial charge < -0.3 is 4.42 Å². The molecule has 1 amide bonds. The molecule has 1 aromatic carbocycles. The van der Waals surface area contributed by atoms with Gasteiger partial charge in [-0.25, -0.2) is 5.43 Å². The Morgan fingerprint density at radius 3 is 2.52 bits per heavy atom. The van der Waals surface area contributed by atoms with E-state index in [9.17, 15) is 4.79 Å². The van der Waals surface area contributed by atoms with Crippen LogP contribution in [0.15, 0.2) is 58.3 Å². The highest BCUT2D eigenvalue weighted by atomic mass is 35.5. The number of furan rings is 1. The van der Waals surface area contributed by atoms with E-state index >= 15 is 0 Å². The van der Waals surface area contributed by atoms with Crippen LogP contribution < -0.4 is 5.43 Å². The first-order chi connectivity index (χ1) is 12.0. The van der Waals surface area contributed by atoms with Crippen molar-refractivity contribution in [3.63, 3.8) is 0 Å². The fourth-order valence-electron chi connectivity index (χ4n) is 2.00. The first-order valence-electron chi connectivity index (χ1n) is 7.03. The number of hydrogen-bond donors (Lipinski definition) is 1. The molecule has 0 aliphatic carbocycles. The van der Waals surface area contributed by atoms with Crippen LogP contribution >= 0.6 is 34.8 Å². The molecule has 0 spiro atoms. The maximum absolute atomic E-state index is 11.8. The molecule has 0 radical (unpaired) electrons. The van der Waals surface area contributed by atoms with Gasteiger partial charge in [-0.2, -0.15) is 5.10 Å². The van der Waals surface area contributed by atoms with Gasteiger partial charge in [0.15, 0.2) is 0 Å². The summed E-state index contributed by atoms with van der Waals surface area (Å²) in [7, 11) is 0. The standard InChI is InChI=1S/C17H10Cl3N3O2/c18-13-8-15(20)14(19)7-12(13)16-2-1-11(25-16)9-22-23-17(24)10-3-5-21-6-4-10/h1-9H,(H,23,24)/b22-9+. The van der Waals surface area contributed by atoms with Crippen LogP contribution in [0.1, 0.15) is 16.1 Å². The average Bonchev–Trinajstić information content (AvgIpc) is 3.07. The van der Waals surface area contributed by atoms with Gasteiger partial charge in [0.25, 0.3) is 5.91 Å². The lowest BCUT2D eigenvalue weighted by Gasteiger charge is -2.03. The van der Waals surface area contributed by atoms with Gasteiger partial charge in [0, 0.05) is 23.5 Å². The van der Waals surface area contributed by atoms with E-state index in [1.165, 1.54) is 18.6 Å². The average molecular weight is 395 g/mol. The summed E-state index contributed by atoms with van der Waals surface area (Å²) in [5.74, 6) is 0.593. The molecule has 8 heteroatoms. The monoisotopic (exact) mass is 393 g/mol. The third-order valence-corrected chi connectivity index (χ3v) is 4.24. The first-order valence-corrected chi connectivity index (χ1v) is 8.16. The van der Waals surface area contributed by atoms with E-state index in [0.717, 1.165) is 0 Å². The maximum Gasteiger partial charge on any atom is 0.271 e. The molecule has 3 rings (SSSR count). The molecule has 1 N–H and O–H groups in total. The Hall–Kier alpha value is -2.34. The number of carbonyl (C=O) groups excluding carboxylic acids is 1. The lowest BCUT2D eigenvalue weighted by molar-refractivity contribution is 0.0955. The number of aromatic nitrogens is 1. The molecule has 0 saturated heterocycles. The topological polar surface area (TPSA) is 67.5 Å². The van der Waals surface area contributed by atoms with Crippen molar-refractivity contribution in [2.24, 2.45) is 5.10 Å². The molecule has 0 bridgehead atoms. The van der Waals surface area contributed by atoms with Crippen LogP contribution in [0.4, 0.5) is 0 Å². The van der Waals surface area contributed by atoms with Crippen LogP contribution in [-0.4, -0.2) is 17.1 Å². The predicted molar refractivity (Wildman–Crippen MR) is 98.5 cm³/mol. The highest BCUT2D eigenvalue weighted by Crippen LogP contribution is 2.35. The Morgan fingerprint density at radius 2 is 1.76 bits per heavy atom. The number of hydrogen-bond acceptors (Lipinski definition) is 4. The van der Waals surface area contributed by atoms with Gasteiger partial charge in [-0.3, -0.25) is 9.78 Å². The van der Waals surface area contributed by atoms with Crippen LogP contribution in [0.5, 0.6) is 0 Å². The summed E-state index contributed by atoms with van der Waals surface area (Å²) in [4.78, 5) is 15.7. The minimum Gasteiger partial charge on any atom is -0.455 e. The van der Waals surface area contributed by atoms with E-state index in [4.69, 9.17) is 39.2 Å². The van der Waals surface area contributed by atoms with Crippen molar-refractivity contribution in [1.82, 2.24) is 10.4 Å². The summed E-state index contributed by atoms with van der Waals surface area (Å²) in [6.45, 7) is 0. The summed E-state index contributed by atoms with van der Waals surface area (Å²) >= 11 is 18.1. The van der Waals surface area contributed by atoms with Crippen LogP contribution in [0, 0.1) is 0 Å². The molecule has 2 aromatic heterocycles. The predicted octanol–water partition coefficient (Wildman–Crippen LogP) is 5.07. The number of nitrogens with one attached hydrogen (secondary N) is 1. The molecule has 0 unspecified atom stereocenters. The van der Waals surface area contributed by atoms with Gasteiger partial charge in [0.05, 0.1) is 21.3 Å². The molecule has 126 valence electrons. The minimum absolute atomic E-state index is 0.349. The summed E-state index contributed by atoms with van der Waals surface area (Å²) in [6.07, 6.45) is 4.44. The Bertz CT molecular complexity index is 940. The normalized spacial score (nSPS) is 11.0. The maximum atomic E-state index is 11.8. The number of halogens is 3. The summed E-state index contributed by atoms with van der Waals surface area (Å²) in [5.41, 5.74) is 3.46. The number of carbonyl (C=O) groups is 1. The van der Waals surface area contributed by atoms with Gasteiger partial charge in [-0.1, -0.05) is 34.8 Å². The fourth-order valence-corrected chi connectivity index (χ4v) is 2.64. The zero-order valence-corrected chi connectivity index (χ0v) is 14.8. The number of pyridine rings is 1. The lowest BCUT2D eigenvalue weighted by Crippen LogP contribution is -2.17. The molecule has 0 saturated carbocycles. The van der Waals surface area contributed by atoms with Crippen molar-refractivity contribution < 1.29 is 9.21 Å². The van der Waals surface area contributed by atoms with Crippen molar-refractivity contribution in [3.8, 4) is 11.3 Å². The Morgan fingerprint density at radius 1 is 1.04 bits per heavy atom. The van der Waals surface area contributed by atoms with Gasteiger partial charge >= 0.3 is 0 Å². The largest absolute Gasteiger partial charge is 0.455 e. The second-order valence-electron chi connectivity index (χ2n) is 4.88. The van der Waals surface area contributed by atoms with E-state index in [1.807, 2.05) is 0 Å². The number of amides is 1. The van der Waals surface area contributed by atoms with E-state index in [1.54, 1.807) is 36.4 Å². The third kappa shape index (κ3) is 4.20. The SMILES string of the molecule is O=C(N/N=C/c1ccc(-c2cc(Cl)c(Cl)cc2Cl)o1)c1ccncc1. The highest BCUT2D eigenvalue weighted by molar-refractivity contribution is 6.44. The second kappa shape index (κ2) is 7.70. The second-order valence-corrected chi connectivity index (χ2v) is 6.10. The van der Waals surface area contributed by atoms with Gasteiger partial charge in [0.2, 0.25) is 0 Å². The number of hydrazone groups is 1. The molecule has 3 aromatic rings. The van der Waals surface area contributed by atoms with Gasteiger partial charge in [0.1, 0.15) is 11.5 Å². The quantitative estimate of drug-likeness (QED) is 0.382. The summed E-state index contributed by atoms with van der Waals surface area (Å²) < 4.78 is 5.64. The van der Waals surface area contributed by atoms with Gasteiger partial charge in [-0.15, -0.1) is 0 Å². The summed E-state index contributed by atoms with van der Waals surface area (Å²) in [6, 6.07) is 9.75. The zero-order chi connectivity index (χ0) is 17.8. The van der Waals surface area contributed by atoms with Crippen LogP contribution in [-0.2, 0) is 0 Å². The lowest BCUT2D eigenvalue weighted by atomic mass is 10.2. The van der Waals surface area contributed by atoms with E-state index < -0.39 is 0 Å². The van der Waals surface area contributed by atoms with Crippen LogP contribution in [0.3, 0.4) is 0 Å². The van der Waals surface area contributed by atoms with E-state index in [-0.39, 0.29) is 5.91 Å². The molecule has 0 aliphatic heterocycles. The first kappa shape index (κ1) is 17.5. The van der Waals surface area contributed by atoms with Crippen LogP contribution in [0.2, 0.25) is 15.1 Å². The van der Waals surface area contributed by atoms with E-state index in [2.05, 4.69) is 15.5 Å². The molecular weight excluding hydrogens is 385 g/mol. The Balaban J connectivity index is 1.72. The molecular formula is C17H10Cl3N3O2. The fraction of sp³-hybridized carbons (Fsp3) is 0.